The van der Waals surface area contributed by atoms with Gasteiger partial charge in [0.1, 0.15) is 11.4 Å². The van der Waals surface area contributed by atoms with Gasteiger partial charge in [0.05, 0.1) is 5.02 Å². The predicted molar refractivity (Wildman–Crippen MR) is 90.8 cm³/mol. The summed E-state index contributed by atoms with van der Waals surface area (Å²) in [6.07, 6.45) is 2.64. The van der Waals surface area contributed by atoms with Crippen molar-refractivity contribution in [2.45, 2.75) is 64.3 Å². The number of aromatic hydroxyl groups is 1. The third-order valence-electron chi connectivity index (χ3n) is 3.80. The number of ether oxygens (including phenoxy) is 1. The van der Waals surface area contributed by atoms with Crippen molar-refractivity contribution in [2.24, 2.45) is 0 Å². The van der Waals surface area contributed by atoms with E-state index < -0.39 is 5.60 Å². The number of carbonyl (C=O) groups excluding carboxylic acids is 1. The average Bonchev–Trinajstić information content (AvgIpc) is 2.85. The van der Waals surface area contributed by atoms with E-state index in [1.54, 1.807) is 12.1 Å². The van der Waals surface area contributed by atoms with Gasteiger partial charge >= 0.3 is 6.09 Å². The number of nitrogens with one attached hydrogen (secondary N) is 2. The summed E-state index contributed by atoms with van der Waals surface area (Å²) in [6, 6.07) is 5.44. The summed E-state index contributed by atoms with van der Waals surface area (Å²) < 4.78 is 5.32. The fourth-order valence-corrected chi connectivity index (χ4v) is 2.95. The lowest BCUT2D eigenvalue weighted by Crippen LogP contribution is -2.47. The van der Waals surface area contributed by atoms with Crippen LogP contribution >= 0.6 is 11.6 Å². The van der Waals surface area contributed by atoms with Crippen LogP contribution in [0.15, 0.2) is 18.2 Å². The van der Waals surface area contributed by atoms with Gasteiger partial charge < -0.3 is 20.5 Å². The molecule has 1 aliphatic carbocycles. The molecule has 1 amide bonds. The van der Waals surface area contributed by atoms with Crippen LogP contribution in [0.5, 0.6) is 5.75 Å². The lowest BCUT2D eigenvalue weighted by atomic mass is 10.1. The maximum absolute atomic E-state index is 11.9. The molecule has 128 valence electrons. The Kier molecular flexibility index (Phi) is 5.76. The first-order valence-corrected chi connectivity index (χ1v) is 8.33. The smallest absolute Gasteiger partial charge is 0.407 e. The van der Waals surface area contributed by atoms with Crippen molar-refractivity contribution in [1.29, 1.82) is 0 Å². The summed E-state index contributed by atoms with van der Waals surface area (Å²) >= 11 is 5.92. The molecule has 1 fully saturated rings. The molecule has 0 radical (unpaired) electrons. The maximum atomic E-state index is 11.9. The number of alkyl carbamates (subject to hydrolysis) is 1. The minimum absolute atomic E-state index is 0.0671. The number of halogens is 1. The van der Waals surface area contributed by atoms with Crippen molar-refractivity contribution in [2.75, 3.05) is 0 Å². The maximum Gasteiger partial charge on any atom is 0.407 e. The van der Waals surface area contributed by atoms with E-state index in [1.165, 1.54) is 0 Å². The second-order valence-corrected chi connectivity index (χ2v) is 7.36. The van der Waals surface area contributed by atoms with Crippen LogP contribution in [0.2, 0.25) is 5.02 Å². The second-order valence-electron chi connectivity index (χ2n) is 6.96. The molecule has 1 aliphatic rings. The number of phenols is 1. The van der Waals surface area contributed by atoms with E-state index in [4.69, 9.17) is 16.3 Å². The van der Waals surface area contributed by atoms with Gasteiger partial charge in [0.25, 0.3) is 0 Å². The van der Waals surface area contributed by atoms with Gasteiger partial charge in [-0.2, -0.15) is 0 Å². The van der Waals surface area contributed by atoms with Gasteiger partial charge in [0, 0.05) is 18.6 Å². The van der Waals surface area contributed by atoms with Crippen molar-refractivity contribution in [3.8, 4) is 5.75 Å². The number of amides is 1. The van der Waals surface area contributed by atoms with Crippen molar-refractivity contribution in [3.63, 3.8) is 0 Å². The average molecular weight is 341 g/mol. The van der Waals surface area contributed by atoms with Gasteiger partial charge in [-0.3, -0.25) is 0 Å². The largest absolute Gasteiger partial charge is 0.506 e. The molecule has 0 aliphatic heterocycles. The molecule has 5 nitrogen and oxygen atoms in total. The molecular formula is C17H25ClN2O3. The van der Waals surface area contributed by atoms with E-state index in [0.29, 0.717) is 11.6 Å². The molecule has 1 aromatic carbocycles. The lowest BCUT2D eigenvalue weighted by molar-refractivity contribution is 0.0498. The van der Waals surface area contributed by atoms with E-state index in [2.05, 4.69) is 10.6 Å². The van der Waals surface area contributed by atoms with Crippen molar-refractivity contribution in [1.82, 2.24) is 10.6 Å². The Morgan fingerprint density at radius 1 is 1.35 bits per heavy atom. The van der Waals surface area contributed by atoms with E-state index in [9.17, 15) is 9.90 Å². The zero-order valence-electron chi connectivity index (χ0n) is 13.9. The zero-order chi connectivity index (χ0) is 17.0. The lowest BCUT2D eigenvalue weighted by Gasteiger charge is -2.25. The van der Waals surface area contributed by atoms with Gasteiger partial charge in [-0.1, -0.05) is 17.7 Å². The summed E-state index contributed by atoms with van der Waals surface area (Å²) in [7, 11) is 0. The Labute approximate surface area is 142 Å². The minimum atomic E-state index is -0.492. The van der Waals surface area contributed by atoms with E-state index >= 15 is 0 Å². The highest BCUT2D eigenvalue weighted by atomic mass is 35.5. The quantitative estimate of drug-likeness (QED) is 0.783. The fraction of sp³-hybridized carbons (Fsp3) is 0.588. The molecule has 2 rings (SSSR count). The van der Waals surface area contributed by atoms with Crippen LogP contribution in [0, 0.1) is 0 Å². The highest BCUT2D eigenvalue weighted by molar-refractivity contribution is 6.32. The van der Waals surface area contributed by atoms with Crippen LogP contribution < -0.4 is 10.6 Å². The van der Waals surface area contributed by atoms with Crippen LogP contribution in [-0.2, 0) is 11.3 Å². The van der Waals surface area contributed by atoms with E-state index in [1.807, 2.05) is 26.8 Å². The number of carbonyl (C=O) groups is 1. The van der Waals surface area contributed by atoms with Crippen molar-refractivity contribution in [3.05, 3.63) is 28.8 Å². The molecule has 0 heterocycles. The molecule has 6 heteroatoms. The Morgan fingerprint density at radius 2 is 2.04 bits per heavy atom. The molecule has 0 bridgehead atoms. The Bertz CT molecular complexity index is 557. The Balaban J connectivity index is 1.86. The summed E-state index contributed by atoms with van der Waals surface area (Å²) in [5, 5.41) is 16.2. The van der Waals surface area contributed by atoms with Crippen LogP contribution in [0.3, 0.4) is 0 Å². The topological polar surface area (TPSA) is 70.6 Å². The van der Waals surface area contributed by atoms with E-state index in [0.717, 1.165) is 24.8 Å². The zero-order valence-corrected chi connectivity index (χ0v) is 14.6. The number of hydrogen-bond donors (Lipinski definition) is 3. The Hall–Kier alpha value is -1.46. The number of benzene rings is 1. The van der Waals surface area contributed by atoms with Crippen LogP contribution in [0.25, 0.3) is 0 Å². The summed E-state index contributed by atoms with van der Waals surface area (Å²) in [4.78, 5) is 11.9. The minimum Gasteiger partial charge on any atom is -0.506 e. The second kappa shape index (κ2) is 7.41. The third kappa shape index (κ3) is 5.59. The molecule has 0 saturated heterocycles. The summed E-state index contributed by atoms with van der Waals surface area (Å²) in [5.41, 5.74) is 0.504. The molecule has 2 atom stereocenters. The molecular weight excluding hydrogens is 316 g/mol. The fourth-order valence-electron chi connectivity index (χ4n) is 2.75. The highest BCUT2D eigenvalue weighted by Gasteiger charge is 2.29. The summed E-state index contributed by atoms with van der Waals surface area (Å²) in [6.45, 7) is 6.19. The van der Waals surface area contributed by atoms with Crippen LogP contribution in [-0.4, -0.2) is 28.9 Å². The SMILES string of the molecule is CC(C)(C)OC(=O)NC1CCCC1NCc1ccc(O)c(Cl)c1. The van der Waals surface area contributed by atoms with Gasteiger partial charge in [0.2, 0.25) is 0 Å². The third-order valence-corrected chi connectivity index (χ3v) is 4.10. The molecule has 1 saturated carbocycles. The first-order chi connectivity index (χ1) is 10.7. The first-order valence-electron chi connectivity index (χ1n) is 7.95. The molecule has 0 spiro atoms. The van der Waals surface area contributed by atoms with Crippen LogP contribution in [0.1, 0.15) is 45.6 Å². The number of hydrogen-bond acceptors (Lipinski definition) is 4. The van der Waals surface area contributed by atoms with Gasteiger partial charge in [-0.25, -0.2) is 4.79 Å². The molecule has 1 aromatic rings. The summed E-state index contributed by atoms with van der Waals surface area (Å²) in [5.74, 6) is 0.0840. The highest BCUT2D eigenvalue weighted by Crippen LogP contribution is 2.24. The first kappa shape index (κ1) is 17.9. The Morgan fingerprint density at radius 3 is 2.70 bits per heavy atom. The van der Waals surface area contributed by atoms with Crippen LogP contribution in [0.4, 0.5) is 4.79 Å². The molecule has 23 heavy (non-hydrogen) atoms. The van der Waals surface area contributed by atoms with E-state index in [-0.39, 0.29) is 23.9 Å². The standard InChI is InChI=1S/C17H25ClN2O3/c1-17(2,3)23-16(22)20-14-6-4-5-13(14)19-10-11-7-8-15(21)12(18)9-11/h7-9,13-14,19,21H,4-6,10H2,1-3H3,(H,20,22). The monoisotopic (exact) mass is 340 g/mol. The van der Waals surface area contributed by atoms with Gasteiger partial charge in [0.15, 0.2) is 0 Å². The molecule has 2 unspecified atom stereocenters. The molecule has 3 N–H and O–H groups in total. The normalized spacial score (nSPS) is 21.2. The number of rotatable bonds is 4. The predicted octanol–water partition coefficient (Wildman–Crippen LogP) is 3.58. The number of phenolic OH excluding ortho intramolecular Hbond substituents is 1. The van der Waals surface area contributed by atoms with Gasteiger partial charge in [-0.15, -0.1) is 0 Å². The van der Waals surface area contributed by atoms with Crippen molar-refractivity contribution < 1.29 is 14.6 Å². The van der Waals surface area contributed by atoms with Crippen molar-refractivity contribution >= 4 is 17.7 Å². The van der Waals surface area contributed by atoms with Gasteiger partial charge in [-0.05, 0) is 57.7 Å². The molecule has 0 aromatic heterocycles.